The predicted octanol–water partition coefficient (Wildman–Crippen LogP) is 3.67. The maximum Gasteiger partial charge on any atom is 0.417 e. The summed E-state index contributed by atoms with van der Waals surface area (Å²) in [4.78, 5) is 0. The molecule has 1 aliphatic carbocycles. The molecule has 0 spiro atoms. The van der Waals surface area contributed by atoms with Gasteiger partial charge in [-0.05, 0) is 42.4 Å². The van der Waals surface area contributed by atoms with Crippen molar-refractivity contribution in [3.63, 3.8) is 0 Å². The number of hydrogen-bond acceptors (Lipinski definition) is 1. The lowest BCUT2D eigenvalue weighted by molar-refractivity contribution is -0.137. The van der Waals surface area contributed by atoms with Crippen LogP contribution in [0.15, 0.2) is 18.2 Å². The summed E-state index contributed by atoms with van der Waals surface area (Å²) in [6.45, 7) is 0.0750. The van der Waals surface area contributed by atoms with Crippen molar-refractivity contribution in [3.05, 3.63) is 34.3 Å². The molecule has 1 aliphatic rings. The van der Waals surface area contributed by atoms with Gasteiger partial charge in [-0.15, -0.1) is 0 Å². The second-order valence-corrected chi connectivity index (χ2v) is 5.05. The minimum Gasteiger partial charge on any atom is -0.396 e. The molecule has 0 amide bonds. The highest BCUT2D eigenvalue weighted by atomic mass is 35.5. The first kappa shape index (κ1) is 12.7. The molecule has 1 saturated carbocycles. The first-order valence-electron chi connectivity index (χ1n) is 5.33. The Labute approximate surface area is 102 Å². The van der Waals surface area contributed by atoms with E-state index in [1.54, 1.807) is 0 Å². The van der Waals surface area contributed by atoms with Gasteiger partial charge in [0.15, 0.2) is 0 Å². The fourth-order valence-electron chi connectivity index (χ4n) is 1.90. The summed E-state index contributed by atoms with van der Waals surface area (Å²) in [7, 11) is 0. The molecule has 0 heterocycles. The van der Waals surface area contributed by atoms with Crippen LogP contribution in [0.2, 0.25) is 5.02 Å². The predicted molar refractivity (Wildman–Crippen MR) is 58.9 cm³/mol. The topological polar surface area (TPSA) is 20.2 Å². The number of hydrogen-bond donors (Lipinski definition) is 1. The fraction of sp³-hybridized carbons (Fsp3) is 0.500. The molecule has 0 saturated heterocycles. The normalized spacial score (nSPS) is 18.2. The Morgan fingerprint density at radius 3 is 2.35 bits per heavy atom. The van der Waals surface area contributed by atoms with Crippen molar-refractivity contribution >= 4 is 11.6 Å². The highest BCUT2D eigenvalue weighted by Crippen LogP contribution is 2.48. The van der Waals surface area contributed by atoms with Crippen LogP contribution in [0.3, 0.4) is 0 Å². The average molecular weight is 265 g/mol. The van der Waals surface area contributed by atoms with Crippen LogP contribution < -0.4 is 0 Å². The van der Waals surface area contributed by atoms with E-state index in [-0.39, 0.29) is 17.0 Å². The Hall–Kier alpha value is -0.740. The number of halogens is 4. The molecule has 0 atom stereocenters. The molecule has 0 aliphatic heterocycles. The van der Waals surface area contributed by atoms with E-state index in [9.17, 15) is 13.2 Å². The molecule has 0 unspecified atom stereocenters. The van der Waals surface area contributed by atoms with E-state index in [0.717, 1.165) is 24.5 Å². The minimum atomic E-state index is -4.41. The molecule has 5 heteroatoms. The molecule has 1 fully saturated rings. The van der Waals surface area contributed by atoms with Crippen LogP contribution in [-0.4, -0.2) is 11.7 Å². The maximum atomic E-state index is 12.5. The van der Waals surface area contributed by atoms with Gasteiger partial charge in [-0.3, -0.25) is 0 Å². The molecular formula is C12H12ClF3O. The summed E-state index contributed by atoms with van der Waals surface area (Å²) in [5.41, 5.74) is -0.186. The van der Waals surface area contributed by atoms with Gasteiger partial charge in [-0.25, -0.2) is 0 Å². The molecule has 17 heavy (non-hydrogen) atoms. The van der Waals surface area contributed by atoms with Gasteiger partial charge < -0.3 is 5.11 Å². The van der Waals surface area contributed by atoms with Crippen LogP contribution in [-0.2, 0) is 12.6 Å². The van der Waals surface area contributed by atoms with Gasteiger partial charge in [0, 0.05) is 6.61 Å². The van der Waals surface area contributed by atoms with Crippen molar-refractivity contribution in [2.75, 3.05) is 6.61 Å². The van der Waals surface area contributed by atoms with Crippen molar-refractivity contribution in [3.8, 4) is 0 Å². The highest BCUT2D eigenvalue weighted by Gasteiger charge is 2.42. The average Bonchev–Trinajstić information content (AvgIpc) is 2.96. The molecule has 0 aromatic heterocycles. The van der Waals surface area contributed by atoms with E-state index < -0.39 is 11.7 Å². The molecule has 1 nitrogen and oxygen atoms in total. The van der Waals surface area contributed by atoms with Gasteiger partial charge in [0.25, 0.3) is 0 Å². The number of aliphatic hydroxyl groups is 1. The summed E-state index contributed by atoms with van der Waals surface area (Å²) < 4.78 is 37.4. The van der Waals surface area contributed by atoms with Gasteiger partial charge in [0.2, 0.25) is 0 Å². The third-order valence-corrected chi connectivity index (χ3v) is 3.52. The zero-order chi connectivity index (χ0) is 12.7. The smallest absolute Gasteiger partial charge is 0.396 e. The van der Waals surface area contributed by atoms with Gasteiger partial charge in [-0.2, -0.15) is 13.2 Å². The van der Waals surface area contributed by atoms with Crippen molar-refractivity contribution in [2.24, 2.45) is 5.41 Å². The quantitative estimate of drug-likeness (QED) is 0.883. The van der Waals surface area contributed by atoms with Crippen molar-refractivity contribution in [2.45, 2.75) is 25.4 Å². The lowest BCUT2D eigenvalue weighted by atomic mass is 9.96. The monoisotopic (exact) mass is 264 g/mol. The standard InChI is InChI=1S/C12H12ClF3O/c13-10-5-8(6-11(7-17)3-4-11)1-2-9(10)12(14,15)16/h1-2,5,17H,3-4,6-7H2. The van der Waals surface area contributed by atoms with E-state index >= 15 is 0 Å². The molecule has 0 radical (unpaired) electrons. The first-order valence-corrected chi connectivity index (χ1v) is 5.71. The Kier molecular flexibility index (Phi) is 3.12. The Bertz CT molecular complexity index is 424. The third kappa shape index (κ3) is 2.75. The van der Waals surface area contributed by atoms with Crippen LogP contribution >= 0.6 is 11.6 Å². The lowest BCUT2D eigenvalue weighted by Crippen LogP contribution is -2.11. The lowest BCUT2D eigenvalue weighted by Gasteiger charge is -2.14. The summed E-state index contributed by atoms with van der Waals surface area (Å²) in [6, 6.07) is 3.79. The molecule has 94 valence electrons. The summed E-state index contributed by atoms with van der Waals surface area (Å²) in [5, 5.41) is 8.88. The molecule has 1 N–H and O–H groups in total. The van der Waals surface area contributed by atoms with Crippen LogP contribution in [0.4, 0.5) is 13.2 Å². The third-order valence-electron chi connectivity index (χ3n) is 3.21. The first-order chi connectivity index (χ1) is 7.86. The number of rotatable bonds is 3. The van der Waals surface area contributed by atoms with E-state index in [1.165, 1.54) is 12.1 Å². The zero-order valence-electron chi connectivity index (χ0n) is 9.02. The van der Waals surface area contributed by atoms with Crippen LogP contribution in [0.5, 0.6) is 0 Å². The largest absolute Gasteiger partial charge is 0.417 e. The molecule has 1 aromatic carbocycles. The molecule has 0 bridgehead atoms. The van der Waals surface area contributed by atoms with E-state index in [1.807, 2.05) is 0 Å². The van der Waals surface area contributed by atoms with Gasteiger partial charge in [0.05, 0.1) is 10.6 Å². The van der Waals surface area contributed by atoms with Gasteiger partial charge >= 0.3 is 6.18 Å². The van der Waals surface area contributed by atoms with Crippen LogP contribution in [0.25, 0.3) is 0 Å². The van der Waals surface area contributed by atoms with Gasteiger partial charge in [-0.1, -0.05) is 17.7 Å². The second-order valence-electron chi connectivity index (χ2n) is 4.65. The molecule has 2 rings (SSSR count). The van der Waals surface area contributed by atoms with Crippen molar-refractivity contribution in [1.29, 1.82) is 0 Å². The van der Waals surface area contributed by atoms with Crippen molar-refractivity contribution in [1.82, 2.24) is 0 Å². The Balaban J connectivity index is 2.20. The second kappa shape index (κ2) is 4.18. The van der Waals surface area contributed by atoms with E-state index in [4.69, 9.17) is 16.7 Å². The zero-order valence-corrected chi connectivity index (χ0v) is 9.78. The number of benzene rings is 1. The minimum absolute atomic E-state index is 0.0750. The van der Waals surface area contributed by atoms with Crippen molar-refractivity contribution < 1.29 is 18.3 Å². The molecule has 1 aromatic rings. The fourth-order valence-corrected chi connectivity index (χ4v) is 2.21. The summed E-state index contributed by atoms with van der Waals surface area (Å²) >= 11 is 5.62. The number of aliphatic hydroxyl groups excluding tert-OH is 1. The van der Waals surface area contributed by atoms with Crippen LogP contribution in [0.1, 0.15) is 24.0 Å². The summed E-state index contributed by atoms with van der Waals surface area (Å²) in [5.74, 6) is 0. The SMILES string of the molecule is OCC1(Cc2ccc(C(F)(F)F)c(Cl)c2)CC1. The van der Waals surface area contributed by atoms with E-state index in [2.05, 4.69) is 0 Å². The summed E-state index contributed by atoms with van der Waals surface area (Å²) in [6.07, 6.45) is -1.99. The Morgan fingerprint density at radius 2 is 1.94 bits per heavy atom. The van der Waals surface area contributed by atoms with E-state index in [0.29, 0.717) is 6.42 Å². The van der Waals surface area contributed by atoms with Gasteiger partial charge in [0.1, 0.15) is 0 Å². The van der Waals surface area contributed by atoms with Crippen LogP contribution in [0, 0.1) is 5.41 Å². The maximum absolute atomic E-state index is 12.5. The highest BCUT2D eigenvalue weighted by molar-refractivity contribution is 6.31. The number of alkyl halides is 3. The molecular weight excluding hydrogens is 253 g/mol. The Morgan fingerprint density at radius 1 is 1.29 bits per heavy atom.